The van der Waals surface area contributed by atoms with E-state index in [-0.39, 0.29) is 0 Å². The van der Waals surface area contributed by atoms with Crippen molar-refractivity contribution in [1.29, 1.82) is 0 Å². The van der Waals surface area contributed by atoms with Crippen molar-refractivity contribution < 1.29 is 0 Å². The molecule has 0 unspecified atom stereocenters. The van der Waals surface area contributed by atoms with Crippen LogP contribution in [-0.4, -0.2) is 20.2 Å². The number of tetrazole rings is 1. The van der Waals surface area contributed by atoms with E-state index in [0.717, 1.165) is 34.7 Å². The van der Waals surface area contributed by atoms with Gasteiger partial charge in [0.25, 0.3) is 0 Å². The van der Waals surface area contributed by atoms with Gasteiger partial charge in [-0.15, -0.1) is 5.10 Å². The van der Waals surface area contributed by atoms with Gasteiger partial charge in [0.2, 0.25) is 0 Å². The molecule has 6 heteroatoms. The van der Waals surface area contributed by atoms with Gasteiger partial charge < -0.3 is 5.73 Å². The number of hydrogen-bond donors (Lipinski definition) is 1. The second-order valence-corrected chi connectivity index (χ2v) is 5.90. The smallest absolute Gasteiger partial charge is 0.183 e. The van der Waals surface area contributed by atoms with Crippen molar-refractivity contribution in [3.05, 3.63) is 22.7 Å². The summed E-state index contributed by atoms with van der Waals surface area (Å²) in [6, 6.07) is 5.68. The van der Waals surface area contributed by atoms with Crippen LogP contribution in [-0.2, 0) is 6.54 Å². The summed E-state index contributed by atoms with van der Waals surface area (Å²) in [7, 11) is 0. The molecule has 0 aliphatic heterocycles. The van der Waals surface area contributed by atoms with E-state index in [0.29, 0.717) is 5.69 Å². The van der Waals surface area contributed by atoms with Gasteiger partial charge in [-0.3, -0.25) is 0 Å². The molecule has 100 valence electrons. The van der Waals surface area contributed by atoms with Gasteiger partial charge in [0.05, 0.1) is 0 Å². The van der Waals surface area contributed by atoms with Gasteiger partial charge >= 0.3 is 0 Å². The molecule has 0 bridgehead atoms. The van der Waals surface area contributed by atoms with Crippen LogP contribution in [0.15, 0.2) is 22.7 Å². The first-order valence-electron chi connectivity index (χ1n) is 6.55. The van der Waals surface area contributed by atoms with Crippen LogP contribution in [0.25, 0.3) is 11.4 Å². The topological polar surface area (TPSA) is 69.6 Å². The monoisotopic (exact) mass is 321 g/mol. The van der Waals surface area contributed by atoms with Gasteiger partial charge in [-0.2, -0.15) is 0 Å². The molecule has 0 spiro atoms. The van der Waals surface area contributed by atoms with Crippen LogP contribution in [0.2, 0.25) is 0 Å². The number of rotatable bonds is 4. The van der Waals surface area contributed by atoms with Crippen LogP contribution in [0, 0.1) is 5.92 Å². The first-order chi connectivity index (χ1) is 9.24. The molecule has 1 heterocycles. The lowest BCUT2D eigenvalue weighted by atomic mass is 9.83. The van der Waals surface area contributed by atoms with E-state index in [2.05, 4.69) is 31.5 Å². The third kappa shape index (κ3) is 2.63. The minimum atomic E-state index is 0.715. The average molecular weight is 322 g/mol. The third-order valence-corrected chi connectivity index (χ3v) is 4.43. The first kappa shape index (κ1) is 12.6. The Morgan fingerprint density at radius 2 is 2.21 bits per heavy atom. The van der Waals surface area contributed by atoms with Gasteiger partial charge in [-0.25, -0.2) is 4.68 Å². The highest BCUT2D eigenvalue weighted by molar-refractivity contribution is 9.10. The van der Waals surface area contributed by atoms with Crippen molar-refractivity contribution in [2.75, 3.05) is 5.73 Å². The maximum Gasteiger partial charge on any atom is 0.183 e. The molecule has 2 N–H and O–H groups in total. The molecule has 0 saturated heterocycles. The number of benzene rings is 1. The second-order valence-electron chi connectivity index (χ2n) is 5.05. The summed E-state index contributed by atoms with van der Waals surface area (Å²) in [6.07, 6.45) is 5.21. The van der Waals surface area contributed by atoms with Gasteiger partial charge in [0.1, 0.15) is 0 Å². The molecule has 3 rings (SSSR count). The Balaban J connectivity index is 1.83. The van der Waals surface area contributed by atoms with Gasteiger partial charge in [0, 0.05) is 22.3 Å². The Bertz CT molecular complexity index is 576. The van der Waals surface area contributed by atoms with Gasteiger partial charge in [-0.05, 0) is 41.0 Å². The Labute approximate surface area is 120 Å². The summed E-state index contributed by atoms with van der Waals surface area (Å²) in [5.74, 6) is 1.62. The van der Waals surface area contributed by atoms with Crippen LogP contribution in [0.4, 0.5) is 5.69 Å². The van der Waals surface area contributed by atoms with Crippen LogP contribution >= 0.6 is 15.9 Å². The second kappa shape index (κ2) is 5.28. The molecule has 0 amide bonds. The summed E-state index contributed by atoms with van der Waals surface area (Å²) < 4.78 is 2.83. The number of aromatic nitrogens is 4. The predicted octanol–water partition coefficient (Wildman–Crippen LogP) is 2.88. The molecular formula is C13H16BrN5. The minimum Gasteiger partial charge on any atom is -0.399 e. The van der Waals surface area contributed by atoms with Crippen molar-refractivity contribution in [2.45, 2.75) is 32.2 Å². The zero-order valence-corrected chi connectivity index (χ0v) is 12.2. The van der Waals surface area contributed by atoms with Crippen molar-refractivity contribution >= 4 is 21.6 Å². The van der Waals surface area contributed by atoms with Gasteiger partial charge in [0.15, 0.2) is 5.82 Å². The van der Waals surface area contributed by atoms with Crippen LogP contribution in [0.5, 0.6) is 0 Å². The molecule has 1 saturated carbocycles. The molecule has 0 atom stereocenters. The average Bonchev–Trinajstić information content (AvgIpc) is 2.78. The number of anilines is 1. The van der Waals surface area contributed by atoms with Crippen LogP contribution in [0.1, 0.15) is 25.7 Å². The molecule has 1 aromatic carbocycles. The number of hydrogen-bond acceptors (Lipinski definition) is 4. The lowest BCUT2D eigenvalue weighted by molar-refractivity contribution is 0.277. The summed E-state index contributed by atoms with van der Waals surface area (Å²) >= 11 is 3.53. The summed E-state index contributed by atoms with van der Waals surface area (Å²) in [5, 5.41) is 12.0. The molecule has 1 aliphatic rings. The van der Waals surface area contributed by atoms with E-state index in [4.69, 9.17) is 5.73 Å². The molecule has 0 radical (unpaired) electrons. The third-order valence-electron chi connectivity index (χ3n) is 3.74. The number of nitrogen functional groups attached to an aromatic ring is 1. The highest BCUT2D eigenvalue weighted by atomic mass is 79.9. The van der Waals surface area contributed by atoms with E-state index >= 15 is 0 Å². The standard InChI is InChI=1S/C13H16BrN5/c14-12-5-4-10(15)8-11(12)13-16-17-18-19(13)7-6-9-2-1-3-9/h4-5,8-9H,1-3,6-7,15H2. The Morgan fingerprint density at radius 1 is 1.37 bits per heavy atom. The van der Waals surface area contributed by atoms with E-state index < -0.39 is 0 Å². The highest BCUT2D eigenvalue weighted by Gasteiger charge is 2.19. The lowest BCUT2D eigenvalue weighted by Gasteiger charge is -2.25. The van der Waals surface area contributed by atoms with Crippen LogP contribution < -0.4 is 5.73 Å². The fraction of sp³-hybridized carbons (Fsp3) is 0.462. The molecular weight excluding hydrogens is 306 g/mol. The molecule has 2 aromatic rings. The number of nitrogens with two attached hydrogens (primary N) is 1. The Kier molecular flexibility index (Phi) is 3.50. The number of aryl methyl sites for hydroxylation is 1. The Hall–Kier alpha value is -1.43. The summed E-state index contributed by atoms with van der Waals surface area (Å²) in [4.78, 5) is 0. The van der Waals surface area contributed by atoms with E-state index in [1.807, 2.05) is 22.9 Å². The van der Waals surface area contributed by atoms with Crippen molar-refractivity contribution in [2.24, 2.45) is 5.92 Å². The predicted molar refractivity (Wildman–Crippen MR) is 77.3 cm³/mol. The number of nitrogens with zero attached hydrogens (tertiary/aromatic N) is 4. The minimum absolute atomic E-state index is 0.715. The van der Waals surface area contributed by atoms with E-state index in [9.17, 15) is 0 Å². The maximum absolute atomic E-state index is 5.84. The quantitative estimate of drug-likeness (QED) is 0.879. The molecule has 1 fully saturated rings. The van der Waals surface area contributed by atoms with Crippen molar-refractivity contribution in [3.8, 4) is 11.4 Å². The van der Waals surface area contributed by atoms with Gasteiger partial charge in [-0.1, -0.05) is 35.2 Å². The Morgan fingerprint density at radius 3 is 2.95 bits per heavy atom. The zero-order chi connectivity index (χ0) is 13.2. The summed E-state index contributed by atoms with van der Waals surface area (Å²) in [6.45, 7) is 0.869. The highest BCUT2D eigenvalue weighted by Crippen LogP contribution is 2.31. The molecule has 19 heavy (non-hydrogen) atoms. The zero-order valence-electron chi connectivity index (χ0n) is 10.6. The number of halogens is 1. The van der Waals surface area contributed by atoms with Crippen molar-refractivity contribution in [1.82, 2.24) is 20.2 Å². The van der Waals surface area contributed by atoms with Crippen LogP contribution in [0.3, 0.4) is 0 Å². The summed E-state index contributed by atoms with van der Waals surface area (Å²) in [5.41, 5.74) is 7.50. The first-order valence-corrected chi connectivity index (χ1v) is 7.35. The lowest BCUT2D eigenvalue weighted by Crippen LogP contribution is -2.15. The largest absolute Gasteiger partial charge is 0.399 e. The van der Waals surface area contributed by atoms with E-state index in [1.165, 1.54) is 19.3 Å². The fourth-order valence-corrected chi connectivity index (χ4v) is 2.77. The molecule has 1 aliphatic carbocycles. The van der Waals surface area contributed by atoms with E-state index in [1.54, 1.807) is 0 Å². The van der Waals surface area contributed by atoms with Crippen molar-refractivity contribution in [3.63, 3.8) is 0 Å². The SMILES string of the molecule is Nc1ccc(Br)c(-c2nnnn2CCC2CCC2)c1. The maximum atomic E-state index is 5.84. The fourth-order valence-electron chi connectivity index (χ4n) is 2.35. The normalized spacial score (nSPS) is 15.4. The molecule has 1 aromatic heterocycles. The molecule has 5 nitrogen and oxygen atoms in total.